The zero-order chi connectivity index (χ0) is 13.4. The summed E-state index contributed by atoms with van der Waals surface area (Å²) in [6.07, 6.45) is 7.08. The van der Waals surface area contributed by atoms with E-state index in [1.54, 1.807) is 6.20 Å². The highest BCUT2D eigenvalue weighted by molar-refractivity contribution is 9.10. The van der Waals surface area contributed by atoms with Crippen molar-refractivity contribution < 1.29 is 0 Å². The molecule has 0 saturated heterocycles. The summed E-state index contributed by atoms with van der Waals surface area (Å²) in [5.41, 5.74) is 3.47. The number of halogens is 1. The Labute approximate surface area is 125 Å². The number of nitrogens with zero attached hydrogens (tertiary/aromatic N) is 2. The monoisotopic (exact) mass is 335 g/mol. The lowest BCUT2D eigenvalue weighted by Crippen LogP contribution is -1.99. The molecule has 0 aromatic carbocycles. The van der Waals surface area contributed by atoms with E-state index >= 15 is 0 Å². The Morgan fingerprint density at radius 1 is 1.47 bits per heavy atom. The van der Waals surface area contributed by atoms with Gasteiger partial charge in [0.15, 0.2) is 0 Å². The van der Waals surface area contributed by atoms with Gasteiger partial charge in [-0.2, -0.15) is 0 Å². The number of hydrogen-bond acceptors (Lipinski definition) is 3. The van der Waals surface area contributed by atoms with E-state index < -0.39 is 0 Å². The first-order chi connectivity index (χ1) is 9.20. The number of aryl methyl sites for hydroxylation is 1. The van der Waals surface area contributed by atoms with Crippen molar-refractivity contribution in [3.8, 4) is 11.4 Å². The van der Waals surface area contributed by atoms with Gasteiger partial charge in [0.2, 0.25) is 0 Å². The molecule has 1 aliphatic rings. The number of pyridine rings is 1. The van der Waals surface area contributed by atoms with Crippen LogP contribution in [-0.4, -0.2) is 15.0 Å². The summed E-state index contributed by atoms with van der Waals surface area (Å²) in [6.45, 7) is 2.12. The lowest BCUT2D eigenvalue weighted by Gasteiger charge is -2.10. The average molecular weight is 336 g/mol. The Balaban J connectivity index is 2.17. The van der Waals surface area contributed by atoms with Crippen molar-refractivity contribution in [3.63, 3.8) is 0 Å². The van der Waals surface area contributed by atoms with Crippen LogP contribution >= 0.6 is 28.1 Å². The fraction of sp³-hybridized carbons (Fsp3) is 0.357. The molecule has 1 fully saturated rings. The van der Waals surface area contributed by atoms with E-state index in [2.05, 4.69) is 37.8 Å². The van der Waals surface area contributed by atoms with Gasteiger partial charge in [-0.1, -0.05) is 19.1 Å². The molecule has 2 aromatic heterocycles. The third-order valence-corrected chi connectivity index (χ3v) is 4.78. The van der Waals surface area contributed by atoms with Crippen LogP contribution < -0.4 is 0 Å². The van der Waals surface area contributed by atoms with Gasteiger partial charge in [-0.3, -0.25) is 4.98 Å². The second-order valence-electron chi connectivity index (χ2n) is 4.78. The van der Waals surface area contributed by atoms with Crippen molar-refractivity contribution in [2.24, 2.45) is 0 Å². The lowest BCUT2D eigenvalue weighted by atomic mass is 10.1. The highest BCUT2D eigenvalue weighted by Gasteiger charge is 2.27. The van der Waals surface area contributed by atoms with Crippen molar-refractivity contribution in [3.05, 3.63) is 38.8 Å². The van der Waals surface area contributed by atoms with E-state index in [4.69, 9.17) is 12.2 Å². The first-order valence-electron chi connectivity index (χ1n) is 6.43. The minimum Gasteiger partial charge on any atom is -0.342 e. The predicted molar refractivity (Wildman–Crippen MR) is 81.7 cm³/mol. The third kappa shape index (κ3) is 2.49. The zero-order valence-electron chi connectivity index (χ0n) is 10.6. The standard InChI is InChI=1S/C14H14BrN3S/c1-2-8-7-16-6-5-10(8)13-17-12(9-3-4-9)11(15)14(19)18-13/h5-7,9H,2-4H2,1H3,(H,17,18,19). The molecule has 5 heteroatoms. The average Bonchev–Trinajstić information content (AvgIpc) is 3.26. The fourth-order valence-corrected chi connectivity index (χ4v) is 2.91. The number of nitrogens with one attached hydrogen (secondary N) is 1. The Morgan fingerprint density at radius 3 is 2.95 bits per heavy atom. The van der Waals surface area contributed by atoms with Gasteiger partial charge in [0.1, 0.15) is 10.5 Å². The van der Waals surface area contributed by atoms with Gasteiger partial charge in [-0.25, -0.2) is 4.98 Å². The molecule has 1 N–H and O–H groups in total. The fourth-order valence-electron chi connectivity index (χ4n) is 2.20. The maximum atomic E-state index is 5.36. The van der Waals surface area contributed by atoms with Gasteiger partial charge in [-0.15, -0.1) is 0 Å². The highest BCUT2D eigenvalue weighted by atomic mass is 79.9. The lowest BCUT2D eigenvalue weighted by molar-refractivity contribution is 0.966. The minimum absolute atomic E-state index is 0.602. The number of aromatic amines is 1. The van der Waals surface area contributed by atoms with Crippen LogP contribution in [0.5, 0.6) is 0 Å². The van der Waals surface area contributed by atoms with Crippen molar-refractivity contribution in [1.82, 2.24) is 15.0 Å². The molecule has 0 atom stereocenters. The molecular formula is C14H14BrN3S. The smallest absolute Gasteiger partial charge is 0.144 e. The minimum atomic E-state index is 0.602. The Kier molecular flexibility index (Phi) is 3.50. The zero-order valence-corrected chi connectivity index (χ0v) is 13.0. The van der Waals surface area contributed by atoms with Crippen molar-refractivity contribution in [2.75, 3.05) is 0 Å². The molecule has 19 heavy (non-hydrogen) atoms. The summed E-state index contributed by atoms with van der Waals surface area (Å²) >= 11 is 8.91. The molecule has 0 radical (unpaired) electrons. The van der Waals surface area contributed by atoms with E-state index in [0.29, 0.717) is 10.6 Å². The SMILES string of the molecule is CCc1cnccc1-c1nc(=S)c(Br)c(C2CC2)[nH]1. The number of hydrogen-bond donors (Lipinski definition) is 1. The van der Waals surface area contributed by atoms with Crippen molar-refractivity contribution in [1.29, 1.82) is 0 Å². The molecule has 0 spiro atoms. The van der Waals surface area contributed by atoms with Gasteiger partial charge in [0.05, 0.1) is 4.47 Å². The quantitative estimate of drug-likeness (QED) is 0.845. The molecule has 1 aliphatic carbocycles. The number of rotatable bonds is 3. The van der Waals surface area contributed by atoms with E-state index in [-0.39, 0.29) is 0 Å². The topological polar surface area (TPSA) is 41.6 Å². The van der Waals surface area contributed by atoms with Gasteiger partial charge < -0.3 is 4.98 Å². The van der Waals surface area contributed by atoms with Crippen LogP contribution in [0.1, 0.15) is 36.9 Å². The van der Waals surface area contributed by atoms with Crippen LogP contribution in [0.3, 0.4) is 0 Å². The molecule has 0 aliphatic heterocycles. The first kappa shape index (κ1) is 12.9. The summed E-state index contributed by atoms with van der Waals surface area (Å²) in [5.74, 6) is 1.46. The summed E-state index contributed by atoms with van der Waals surface area (Å²) in [4.78, 5) is 12.1. The summed E-state index contributed by atoms with van der Waals surface area (Å²) in [7, 11) is 0. The van der Waals surface area contributed by atoms with Crippen molar-refractivity contribution in [2.45, 2.75) is 32.1 Å². The molecule has 3 nitrogen and oxygen atoms in total. The van der Waals surface area contributed by atoms with E-state index in [1.807, 2.05) is 12.3 Å². The Hall–Kier alpha value is -1.07. The van der Waals surface area contributed by atoms with E-state index in [9.17, 15) is 0 Å². The van der Waals surface area contributed by atoms with Crippen LogP contribution in [0, 0.1) is 4.64 Å². The molecule has 3 rings (SSSR count). The number of aromatic nitrogens is 3. The summed E-state index contributed by atoms with van der Waals surface area (Å²) in [5, 5.41) is 0. The second-order valence-corrected chi connectivity index (χ2v) is 5.96. The molecule has 1 saturated carbocycles. The van der Waals surface area contributed by atoms with Crippen LogP contribution in [0.25, 0.3) is 11.4 Å². The summed E-state index contributed by atoms with van der Waals surface area (Å²) in [6, 6.07) is 2.00. The molecule has 2 heterocycles. The largest absolute Gasteiger partial charge is 0.342 e. The van der Waals surface area contributed by atoms with Crippen LogP contribution in [-0.2, 0) is 6.42 Å². The van der Waals surface area contributed by atoms with Crippen LogP contribution in [0.4, 0.5) is 0 Å². The molecule has 0 unspecified atom stereocenters. The second kappa shape index (κ2) is 5.13. The van der Waals surface area contributed by atoms with Gasteiger partial charge in [0, 0.05) is 29.6 Å². The molecular weight excluding hydrogens is 322 g/mol. The Bertz CT molecular complexity index is 677. The van der Waals surface area contributed by atoms with E-state index in [1.165, 1.54) is 24.1 Å². The van der Waals surface area contributed by atoms with Crippen molar-refractivity contribution >= 4 is 28.1 Å². The molecule has 0 bridgehead atoms. The maximum Gasteiger partial charge on any atom is 0.144 e. The van der Waals surface area contributed by atoms with Gasteiger partial charge in [-0.05, 0) is 46.8 Å². The predicted octanol–water partition coefficient (Wildman–Crippen LogP) is 4.40. The number of H-pyrrole nitrogens is 1. The molecule has 0 amide bonds. The Morgan fingerprint density at radius 2 is 2.26 bits per heavy atom. The summed E-state index contributed by atoms with van der Waals surface area (Å²) < 4.78 is 1.58. The first-order valence-corrected chi connectivity index (χ1v) is 7.63. The molecule has 98 valence electrons. The third-order valence-electron chi connectivity index (χ3n) is 3.42. The highest BCUT2D eigenvalue weighted by Crippen LogP contribution is 2.42. The van der Waals surface area contributed by atoms with Gasteiger partial charge in [0.25, 0.3) is 0 Å². The van der Waals surface area contributed by atoms with Crippen LogP contribution in [0.2, 0.25) is 0 Å². The maximum absolute atomic E-state index is 5.36. The molecule has 2 aromatic rings. The van der Waals surface area contributed by atoms with Gasteiger partial charge >= 0.3 is 0 Å². The normalized spacial score (nSPS) is 14.6. The van der Waals surface area contributed by atoms with Crippen LogP contribution in [0.15, 0.2) is 22.9 Å². The van der Waals surface area contributed by atoms with E-state index in [0.717, 1.165) is 22.3 Å².